The molecule has 1 aliphatic carbocycles. The third-order valence-electron chi connectivity index (χ3n) is 4.62. The van der Waals surface area contributed by atoms with Gasteiger partial charge in [0.05, 0.1) is 13.2 Å². The van der Waals surface area contributed by atoms with E-state index >= 15 is 0 Å². The van der Waals surface area contributed by atoms with Crippen LogP contribution in [-0.4, -0.2) is 72.0 Å². The van der Waals surface area contributed by atoms with Crippen molar-refractivity contribution in [1.82, 2.24) is 9.80 Å². The zero-order valence-electron chi connectivity index (χ0n) is 11.6. The van der Waals surface area contributed by atoms with Gasteiger partial charge in [0, 0.05) is 44.2 Å². The van der Waals surface area contributed by atoms with Crippen molar-refractivity contribution in [2.75, 3.05) is 45.9 Å². The van der Waals surface area contributed by atoms with Gasteiger partial charge in [0.2, 0.25) is 0 Å². The number of aliphatic hydroxyl groups is 2. The minimum Gasteiger partial charge on any atom is -0.396 e. The summed E-state index contributed by atoms with van der Waals surface area (Å²) in [6.45, 7) is 7.33. The molecule has 0 spiro atoms. The first-order chi connectivity index (χ1) is 8.67. The van der Waals surface area contributed by atoms with Gasteiger partial charge in [-0.3, -0.25) is 4.90 Å². The third-order valence-corrected chi connectivity index (χ3v) is 4.62. The van der Waals surface area contributed by atoms with Crippen molar-refractivity contribution in [2.45, 2.75) is 38.6 Å². The molecule has 0 aromatic carbocycles. The molecule has 0 radical (unpaired) electrons. The Bertz CT molecular complexity index is 242. The first kappa shape index (κ1) is 14.3. The first-order valence-electron chi connectivity index (χ1n) is 7.35. The van der Waals surface area contributed by atoms with Gasteiger partial charge in [-0.05, 0) is 12.8 Å². The topological polar surface area (TPSA) is 46.9 Å². The van der Waals surface area contributed by atoms with E-state index in [-0.39, 0.29) is 18.6 Å². The number of aliphatic hydroxyl groups excluding tert-OH is 2. The Morgan fingerprint density at radius 3 is 2.06 bits per heavy atom. The number of nitrogens with zero attached hydrogens (tertiary/aromatic N) is 2. The minimum atomic E-state index is -0.352. The summed E-state index contributed by atoms with van der Waals surface area (Å²) in [5, 5.41) is 18.7. The smallest absolute Gasteiger partial charge is 0.0519 e. The summed E-state index contributed by atoms with van der Waals surface area (Å²) in [6.07, 6.45) is 5.56. The molecule has 0 aromatic heterocycles. The number of hydrogen-bond donors (Lipinski definition) is 2. The lowest BCUT2D eigenvalue weighted by atomic mass is 9.92. The molecule has 0 aromatic rings. The van der Waals surface area contributed by atoms with Crippen LogP contribution in [0.25, 0.3) is 0 Å². The van der Waals surface area contributed by atoms with Crippen LogP contribution in [0, 0.1) is 5.41 Å². The Morgan fingerprint density at radius 1 is 1.00 bits per heavy atom. The molecule has 4 nitrogen and oxygen atoms in total. The Kier molecular flexibility index (Phi) is 5.01. The number of hydrogen-bond acceptors (Lipinski definition) is 4. The average Bonchev–Trinajstić information content (AvgIpc) is 2.93. The molecule has 2 fully saturated rings. The minimum absolute atomic E-state index is 0.0618. The second-order valence-electron chi connectivity index (χ2n) is 6.38. The lowest BCUT2D eigenvalue weighted by Gasteiger charge is -2.41. The fourth-order valence-corrected chi connectivity index (χ4v) is 3.25. The van der Waals surface area contributed by atoms with Gasteiger partial charge in [-0.25, -0.2) is 0 Å². The summed E-state index contributed by atoms with van der Waals surface area (Å²) < 4.78 is 0. The van der Waals surface area contributed by atoms with Gasteiger partial charge >= 0.3 is 0 Å². The van der Waals surface area contributed by atoms with Crippen LogP contribution in [0.4, 0.5) is 0 Å². The Morgan fingerprint density at radius 2 is 1.56 bits per heavy atom. The molecular weight excluding hydrogens is 228 g/mol. The van der Waals surface area contributed by atoms with E-state index in [1.807, 2.05) is 6.92 Å². The second kappa shape index (κ2) is 6.33. The zero-order chi connectivity index (χ0) is 13.0. The molecule has 0 unspecified atom stereocenters. The van der Waals surface area contributed by atoms with Crippen LogP contribution in [0.15, 0.2) is 0 Å². The van der Waals surface area contributed by atoms with Crippen molar-refractivity contribution < 1.29 is 10.2 Å². The number of rotatable bonds is 5. The molecule has 1 saturated carbocycles. The van der Waals surface area contributed by atoms with Gasteiger partial charge < -0.3 is 15.1 Å². The molecule has 18 heavy (non-hydrogen) atoms. The molecular formula is C14H28N2O2. The molecule has 1 heterocycles. The van der Waals surface area contributed by atoms with Gasteiger partial charge in [-0.15, -0.1) is 0 Å². The van der Waals surface area contributed by atoms with E-state index in [1.54, 1.807) is 0 Å². The van der Waals surface area contributed by atoms with Crippen molar-refractivity contribution >= 4 is 0 Å². The van der Waals surface area contributed by atoms with Crippen molar-refractivity contribution in [3.05, 3.63) is 0 Å². The normalized spacial score (nSPS) is 24.8. The van der Waals surface area contributed by atoms with Gasteiger partial charge in [0.1, 0.15) is 0 Å². The Labute approximate surface area is 111 Å². The van der Waals surface area contributed by atoms with E-state index in [1.165, 1.54) is 25.7 Å². The summed E-state index contributed by atoms with van der Waals surface area (Å²) in [7, 11) is 0. The van der Waals surface area contributed by atoms with Crippen LogP contribution in [0.1, 0.15) is 32.6 Å². The predicted octanol–water partition coefficient (Wildman–Crippen LogP) is 0.537. The third kappa shape index (κ3) is 3.44. The molecule has 2 rings (SSSR count). The summed E-state index contributed by atoms with van der Waals surface area (Å²) in [4.78, 5) is 5.02. The fourth-order valence-electron chi connectivity index (χ4n) is 3.25. The van der Waals surface area contributed by atoms with Crippen molar-refractivity contribution in [1.29, 1.82) is 0 Å². The van der Waals surface area contributed by atoms with Crippen molar-refractivity contribution in [2.24, 2.45) is 5.41 Å². The number of piperazine rings is 1. The maximum absolute atomic E-state index is 9.34. The lowest BCUT2D eigenvalue weighted by molar-refractivity contribution is 0.0130. The van der Waals surface area contributed by atoms with E-state index in [0.29, 0.717) is 0 Å². The van der Waals surface area contributed by atoms with E-state index < -0.39 is 0 Å². The lowest BCUT2D eigenvalue weighted by Crippen LogP contribution is -2.52. The largest absolute Gasteiger partial charge is 0.396 e. The van der Waals surface area contributed by atoms with Gasteiger partial charge in [-0.1, -0.05) is 19.8 Å². The molecule has 1 saturated heterocycles. The summed E-state index contributed by atoms with van der Waals surface area (Å²) >= 11 is 0. The van der Waals surface area contributed by atoms with E-state index in [0.717, 1.165) is 38.8 Å². The average molecular weight is 256 g/mol. The van der Waals surface area contributed by atoms with Crippen LogP contribution >= 0.6 is 0 Å². The van der Waals surface area contributed by atoms with Gasteiger partial charge in [-0.2, -0.15) is 0 Å². The van der Waals surface area contributed by atoms with E-state index in [4.69, 9.17) is 0 Å². The molecule has 0 amide bonds. The van der Waals surface area contributed by atoms with E-state index in [9.17, 15) is 10.2 Å². The standard InChI is InChI=1S/C14H28N2O2/c1-14(11-17,12-18)10-15-6-8-16(9-7-15)13-4-2-3-5-13/h13,17-18H,2-12H2,1H3. The molecule has 0 bridgehead atoms. The van der Waals surface area contributed by atoms with Crippen LogP contribution in [0.3, 0.4) is 0 Å². The molecule has 0 atom stereocenters. The van der Waals surface area contributed by atoms with E-state index in [2.05, 4.69) is 9.80 Å². The fraction of sp³-hybridized carbons (Fsp3) is 1.00. The van der Waals surface area contributed by atoms with Crippen LogP contribution in [0.2, 0.25) is 0 Å². The molecule has 4 heteroatoms. The van der Waals surface area contributed by atoms with Crippen LogP contribution < -0.4 is 0 Å². The summed E-state index contributed by atoms with van der Waals surface area (Å²) in [6, 6.07) is 0.828. The maximum Gasteiger partial charge on any atom is 0.0519 e. The van der Waals surface area contributed by atoms with Crippen molar-refractivity contribution in [3.63, 3.8) is 0 Å². The molecule has 2 aliphatic rings. The highest BCUT2D eigenvalue weighted by Gasteiger charge is 2.30. The molecule has 106 valence electrons. The quantitative estimate of drug-likeness (QED) is 0.753. The van der Waals surface area contributed by atoms with Gasteiger partial charge in [0.15, 0.2) is 0 Å². The summed E-state index contributed by atoms with van der Waals surface area (Å²) in [5.41, 5.74) is -0.352. The van der Waals surface area contributed by atoms with Crippen LogP contribution in [0.5, 0.6) is 0 Å². The predicted molar refractivity (Wildman–Crippen MR) is 72.5 cm³/mol. The first-order valence-corrected chi connectivity index (χ1v) is 7.35. The highest BCUT2D eigenvalue weighted by molar-refractivity contribution is 4.84. The summed E-state index contributed by atoms with van der Waals surface area (Å²) in [5.74, 6) is 0. The van der Waals surface area contributed by atoms with Crippen molar-refractivity contribution in [3.8, 4) is 0 Å². The maximum atomic E-state index is 9.34. The zero-order valence-corrected chi connectivity index (χ0v) is 11.6. The Hall–Kier alpha value is -0.160. The SMILES string of the molecule is CC(CO)(CO)CN1CCN(C2CCCC2)CC1. The highest BCUT2D eigenvalue weighted by atomic mass is 16.3. The van der Waals surface area contributed by atoms with Gasteiger partial charge in [0.25, 0.3) is 0 Å². The molecule has 1 aliphatic heterocycles. The second-order valence-corrected chi connectivity index (χ2v) is 6.38. The monoisotopic (exact) mass is 256 g/mol. The highest BCUT2D eigenvalue weighted by Crippen LogP contribution is 2.25. The Balaban J connectivity index is 1.76. The van der Waals surface area contributed by atoms with Crippen LogP contribution in [-0.2, 0) is 0 Å². The molecule has 2 N–H and O–H groups in total.